The van der Waals surface area contributed by atoms with E-state index in [1.54, 1.807) is 38.2 Å². The monoisotopic (exact) mass is 292 g/mol. The Labute approximate surface area is 123 Å². The number of amides is 1. The molecule has 1 unspecified atom stereocenters. The van der Waals surface area contributed by atoms with Crippen LogP contribution < -0.4 is 10.6 Å². The highest BCUT2D eigenvalue weighted by atomic mass is 16.4. The summed E-state index contributed by atoms with van der Waals surface area (Å²) in [5.41, 5.74) is 1.11. The van der Waals surface area contributed by atoms with Gasteiger partial charge in [-0.15, -0.1) is 0 Å². The number of hydrogen-bond acceptors (Lipinski definition) is 4. The SMILES string of the molecule is CCC(=O)Nc1ccc(C(=O)C(CCC(=O)O)NC)cc1. The Hall–Kier alpha value is -2.21. The Morgan fingerprint density at radius 1 is 1.19 bits per heavy atom. The zero-order valence-corrected chi connectivity index (χ0v) is 12.2. The highest BCUT2D eigenvalue weighted by Crippen LogP contribution is 2.13. The molecule has 1 atom stereocenters. The van der Waals surface area contributed by atoms with E-state index in [0.29, 0.717) is 17.7 Å². The molecule has 1 amide bonds. The van der Waals surface area contributed by atoms with Crippen LogP contribution in [-0.4, -0.2) is 35.9 Å². The van der Waals surface area contributed by atoms with Crippen molar-refractivity contribution in [2.45, 2.75) is 32.2 Å². The largest absolute Gasteiger partial charge is 0.481 e. The lowest BCUT2D eigenvalue weighted by molar-refractivity contribution is -0.137. The Balaban J connectivity index is 2.72. The standard InChI is InChI=1S/C15H20N2O4/c1-3-13(18)17-11-6-4-10(5-7-11)15(21)12(16-2)8-9-14(19)20/h4-7,12,16H,3,8-9H2,1-2H3,(H,17,18)(H,19,20). The fraction of sp³-hybridized carbons (Fsp3) is 0.400. The van der Waals surface area contributed by atoms with Gasteiger partial charge in [-0.2, -0.15) is 0 Å². The van der Waals surface area contributed by atoms with Crippen molar-refractivity contribution in [3.63, 3.8) is 0 Å². The van der Waals surface area contributed by atoms with Crippen LogP contribution in [0.3, 0.4) is 0 Å². The molecule has 114 valence electrons. The number of likely N-dealkylation sites (N-methyl/N-ethyl adjacent to an activating group) is 1. The molecule has 1 aromatic rings. The number of ketones is 1. The maximum atomic E-state index is 12.2. The van der Waals surface area contributed by atoms with Crippen LogP contribution in [0.1, 0.15) is 36.5 Å². The number of carboxylic acid groups (broad SMARTS) is 1. The van der Waals surface area contributed by atoms with E-state index in [0.717, 1.165) is 0 Å². The third-order valence-electron chi connectivity index (χ3n) is 3.09. The number of rotatable bonds is 8. The van der Waals surface area contributed by atoms with Crippen LogP contribution >= 0.6 is 0 Å². The molecular formula is C15H20N2O4. The highest BCUT2D eigenvalue weighted by molar-refractivity contribution is 6.01. The van der Waals surface area contributed by atoms with Gasteiger partial charge in [0.2, 0.25) is 5.91 Å². The minimum Gasteiger partial charge on any atom is -0.481 e. The lowest BCUT2D eigenvalue weighted by Crippen LogP contribution is -2.34. The van der Waals surface area contributed by atoms with Crippen molar-refractivity contribution in [1.82, 2.24) is 5.32 Å². The molecule has 3 N–H and O–H groups in total. The second-order valence-corrected chi connectivity index (χ2v) is 4.62. The van der Waals surface area contributed by atoms with Gasteiger partial charge in [-0.1, -0.05) is 6.92 Å². The van der Waals surface area contributed by atoms with Crippen LogP contribution in [0.5, 0.6) is 0 Å². The van der Waals surface area contributed by atoms with Crippen molar-refractivity contribution >= 4 is 23.3 Å². The number of hydrogen-bond donors (Lipinski definition) is 3. The Morgan fingerprint density at radius 3 is 2.29 bits per heavy atom. The third-order valence-corrected chi connectivity index (χ3v) is 3.09. The van der Waals surface area contributed by atoms with E-state index >= 15 is 0 Å². The average Bonchev–Trinajstić information content (AvgIpc) is 2.48. The summed E-state index contributed by atoms with van der Waals surface area (Å²) in [6, 6.07) is 6.03. The lowest BCUT2D eigenvalue weighted by Gasteiger charge is -2.14. The topological polar surface area (TPSA) is 95.5 Å². The molecule has 0 aromatic heterocycles. The fourth-order valence-electron chi connectivity index (χ4n) is 1.84. The zero-order valence-electron chi connectivity index (χ0n) is 12.2. The highest BCUT2D eigenvalue weighted by Gasteiger charge is 2.19. The Kier molecular flexibility index (Phi) is 6.55. The molecule has 0 aliphatic heterocycles. The average molecular weight is 292 g/mol. The number of benzene rings is 1. The summed E-state index contributed by atoms with van der Waals surface area (Å²) in [6.45, 7) is 1.76. The predicted octanol–water partition coefficient (Wildman–Crippen LogP) is 1.67. The number of Topliss-reactive ketones (excluding diaryl/α,β-unsaturated/α-hetero) is 1. The van der Waals surface area contributed by atoms with Crippen molar-refractivity contribution < 1.29 is 19.5 Å². The summed E-state index contributed by atoms with van der Waals surface area (Å²) in [4.78, 5) is 34.1. The van der Waals surface area contributed by atoms with Gasteiger partial charge in [-0.25, -0.2) is 0 Å². The zero-order chi connectivity index (χ0) is 15.8. The van der Waals surface area contributed by atoms with E-state index in [4.69, 9.17) is 5.11 Å². The second-order valence-electron chi connectivity index (χ2n) is 4.62. The molecular weight excluding hydrogens is 272 g/mol. The summed E-state index contributed by atoms with van der Waals surface area (Å²) in [5, 5.41) is 14.2. The molecule has 0 aliphatic rings. The van der Waals surface area contributed by atoms with Crippen molar-refractivity contribution in [1.29, 1.82) is 0 Å². The summed E-state index contributed by atoms with van der Waals surface area (Å²) in [5.74, 6) is -1.18. The van der Waals surface area contributed by atoms with Gasteiger partial charge in [0.15, 0.2) is 5.78 Å². The minimum atomic E-state index is -0.930. The number of carbonyl (C=O) groups is 3. The first-order valence-electron chi connectivity index (χ1n) is 6.81. The van der Waals surface area contributed by atoms with E-state index < -0.39 is 12.0 Å². The summed E-state index contributed by atoms with van der Waals surface area (Å²) in [6.07, 6.45) is 0.554. The number of aliphatic carboxylic acids is 1. The predicted molar refractivity (Wildman–Crippen MR) is 79.4 cm³/mol. The summed E-state index contributed by atoms with van der Waals surface area (Å²) < 4.78 is 0. The van der Waals surface area contributed by atoms with E-state index in [2.05, 4.69) is 10.6 Å². The normalized spacial score (nSPS) is 11.7. The first-order chi connectivity index (χ1) is 9.97. The molecule has 21 heavy (non-hydrogen) atoms. The Morgan fingerprint density at radius 2 is 1.81 bits per heavy atom. The number of anilines is 1. The van der Waals surface area contributed by atoms with Crippen LogP contribution in [-0.2, 0) is 9.59 Å². The second kappa shape index (κ2) is 8.16. The van der Waals surface area contributed by atoms with Gasteiger partial charge < -0.3 is 15.7 Å². The van der Waals surface area contributed by atoms with Crippen LogP contribution in [0.25, 0.3) is 0 Å². The van der Waals surface area contributed by atoms with Crippen LogP contribution in [0.4, 0.5) is 5.69 Å². The lowest BCUT2D eigenvalue weighted by atomic mass is 10.00. The van der Waals surface area contributed by atoms with Crippen molar-refractivity contribution in [2.75, 3.05) is 12.4 Å². The van der Waals surface area contributed by atoms with Crippen LogP contribution in [0, 0.1) is 0 Å². The molecule has 0 saturated carbocycles. The first kappa shape index (κ1) is 16.8. The van der Waals surface area contributed by atoms with E-state index in [1.807, 2.05) is 0 Å². The molecule has 0 spiro atoms. The summed E-state index contributed by atoms with van der Waals surface area (Å²) >= 11 is 0. The van der Waals surface area contributed by atoms with Gasteiger partial charge >= 0.3 is 5.97 Å². The number of carboxylic acids is 1. The van der Waals surface area contributed by atoms with Gasteiger partial charge in [-0.3, -0.25) is 14.4 Å². The van der Waals surface area contributed by atoms with E-state index in [9.17, 15) is 14.4 Å². The van der Waals surface area contributed by atoms with Gasteiger partial charge in [0.05, 0.1) is 6.04 Å². The van der Waals surface area contributed by atoms with Gasteiger partial charge in [0, 0.05) is 24.1 Å². The summed E-state index contributed by atoms with van der Waals surface area (Å²) in [7, 11) is 1.63. The van der Waals surface area contributed by atoms with Gasteiger partial charge in [0.25, 0.3) is 0 Å². The maximum Gasteiger partial charge on any atom is 0.303 e. The quantitative estimate of drug-likeness (QED) is 0.633. The molecule has 0 bridgehead atoms. The number of nitrogens with one attached hydrogen (secondary N) is 2. The molecule has 1 aromatic carbocycles. The molecule has 0 saturated heterocycles. The maximum absolute atomic E-state index is 12.2. The smallest absolute Gasteiger partial charge is 0.303 e. The van der Waals surface area contributed by atoms with Gasteiger partial charge in [0.1, 0.15) is 0 Å². The van der Waals surface area contributed by atoms with Crippen LogP contribution in [0.15, 0.2) is 24.3 Å². The van der Waals surface area contributed by atoms with E-state index in [1.165, 1.54) is 0 Å². The van der Waals surface area contributed by atoms with Crippen LogP contribution in [0.2, 0.25) is 0 Å². The molecule has 0 fully saturated rings. The van der Waals surface area contributed by atoms with Crippen molar-refractivity contribution in [3.05, 3.63) is 29.8 Å². The molecule has 0 radical (unpaired) electrons. The minimum absolute atomic E-state index is 0.0676. The molecule has 6 heteroatoms. The molecule has 0 heterocycles. The number of carbonyl (C=O) groups excluding carboxylic acids is 2. The Bertz CT molecular complexity index is 511. The first-order valence-corrected chi connectivity index (χ1v) is 6.81. The molecule has 1 rings (SSSR count). The van der Waals surface area contributed by atoms with Crippen molar-refractivity contribution in [3.8, 4) is 0 Å². The molecule has 6 nitrogen and oxygen atoms in total. The third kappa shape index (κ3) is 5.35. The van der Waals surface area contributed by atoms with Gasteiger partial charge in [-0.05, 0) is 37.7 Å². The molecule has 0 aliphatic carbocycles. The van der Waals surface area contributed by atoms with E-state index in [-0.39, 0.29) is 24.5 Å². The fourth-order valence-corrected chi connectivity index (χ4v) is 1.84. The van der Waals surface area contributed by atoms with Crippen molar-refractivity contribution in [2.24, 2.45) is 0 Å².